The lowest BCUT2D eigenvalue weighted by atomic mass is 9.45. The Kier molecular flexibility index (Phi) is 3.33. The fourth-order valence-electron chi connectivity index (χ4n) is 7.19. The highest BCUT2D eigenvalue weighted by Crippen LogP contribution is 2.65. The lowest BCUT2D eigenvalue weighted by Crippen LogP contribution is -2.53. The zero-order valence-electron chi connectivity index (χ0n) is 14.1. The average Bonchev–Trinajstić information content (AvgIpc) is 2.82. The van der Waals surface area contributed by atoms with E-state index in [0.29, 0.717) is 23.0 Å². The van der Waals surface area contributed by atoms with Crippen LogP contribution in [0.15, 0.2) is 0 Å². The standard InChI is InChI=1S/C20H30O2/c1-19-9-7-13(12-21)11-14(19)3-4-15-16-5-6-18(22)20(16,2)10-8-17(15)19/h12-17H,3-11H2,1-2H3. The van der Waals surface area contributed by atoms with Crippen molar-refractivity contribution in [3.05, 3.63) is 0 Å². The fraction of sp³-hybridized carbons (Fsp3) is 0.900. The molecule has 0 spiro atoms. The molecule has 0 aromatic heterocycles. The number of aldehydes is 1. The van der Waals surface area contributed by atoms with Gasteiger partial charge in [-0.05, 0) is 80.5 Å². The van der Waals surface area contributed by atoms with Crippen LogP contribution in [0.25, 0.3) is 0 Å². The van der Waals surface area contributed by atoms with E-state index in [2.05, 4.69) is 13.8 Å². The van der Waals surface area contributed by atoms with Crippen molar-refractivity contribution in [3.63, 3.8) is 0 Å². The first-order valence-corrected chi connectivity index (χ1v) is 9.47. The molecule has 122 valence electrons. The first-order valence-electron chi connectivity index (χ1n) is 9.47. The molecule has 0 heterocycles. The molecule has 0 amide bonds. The van der Waals surface area contributed by atoms with Crippen LogP contribution in [0, 0.1) is 40.4 Å². The molecular formula is C20H30O2. The molecule has 0 bridgehead atoms. The first kappa shape index (κ1) is 14.9. The Morgan fingerprint density at radius 3 is 2.59 bits per heavy atom. The summed E-state index contributed by atoms with van der Waals surface area (Å²) >= 11 is 0. The summed E-state index contributed by atoms with van der Waals surface area (Å²) in [5.41, 5.74) is 0.444. The van der Waals surface area contributed by atoms with E-state index in [1.165, 1.54) is 32.0 Å². The summed E-state index contributed by atoms with van der Waals surface area (Å²) in [5.74, 6) is 3.85. The number of carbonyl (C=O) groups excluding carboxylic acids is 2. The van der Waals surface area contributed by atoms with Crippen molar-refractivity contribution in [2.75, 3.05) is 0 Å². The third-order valence-corrected chi connectivity index (χ3v) is 8.61. The fourth-order valence-corrected chi connectivity index (χ4v) is 7.19. The Morgan fingerprint density at radius 1 is 1.00 bits per heavy atom. The number of carbonyl (C=O) groups is 2. The highest BCUT2D eigenvalue weighted by atomic mass is 16.1. The summed E-state index contributed by atoms with van der Waals surface area (Å²) in [5, 5.41) is 0. The monoisotopic (exact) mass is 302 g/mol. The van der Waals surface area contributed by atoms with Crippen molar-refractivity contribution < 1.29 is 9.59 Å². The first-order chi connectivity index (χ1) is 10.5. The van der Waals surface area contributed by atoms with Crippen molar-refractivity contribution in [1.29, 1.82) is 0 Å². The molecule has 7 atom stereocenters. The van der Waals surface area contributed by atoms with Crippen LogP contribution >= 0.6 is 0 Å². The van der Waals surface area contributed by atoms with E-state index >= 15 is 0 Å². The summed E-state index contributed by atoms with van der Waals surface area (Å²) in [6, 6.07) is 0. The Hall–Kier alpha value is -0.660. The van der Waals surface area contributed by atoms with Gasteiger partial charge in [-0.25, -0.2) is 0 Å². The molecule has 22 heavy (non-hydrogen) atoms. The van der Waals surface area contributed by atoms with Gasteiger partial charge in [0.25, 0.3) is 0 Å². The highest BCUT2D eigenvalue weighted by Gasteiger charge is 2.60. The molecule has 4 rings (SSSR count). The van der Waals surface area contributed by atoms with Crippen LogP contribution in [0.4, 0.5) is 0 Å². The van der Waals surface area contributed by atoms with Gasteiger partial charge in [-0.15, -0.1) is 0 Å². The van der Waals surface area contributed by atoms with Gasteiger partial charge in [0, 0.05) is 17.8 Å². The van der Waals surface area contributed by atoms with Gasteiger partial charge in [-0.1, -0.05) is 13.8 Å². The van der Waals surface area contributed by atoms with Crippen LogP contribution in [0.5, 0.6) is 0 Å². The minimum atomic E-state index is 0.00433. The minimum Gasteiger partial charge on any atom is -0.303 e. The van der Waals surface area contributed by atoms with Crippen LogP contribution in [0.2, 0.25) is 0 Å². The van der Waals surface area contributed by atoms with Gasteiger partial charge < -0.3 is 4.79 Å². The molecule has 4 aliphatic rings. The predicted molar refractivity (Wildman–Crippen MR) is 86.3 cm³/mol. The van der Waals surface area contributed by atoms with E-state index in [0.717, 1.165) is 49.9 Å². The third kappa shape index (κ3) is 1.85. The van der Waals surface area contributed by atoms with Crippen molar-refractivity contribution in [1.82, 2.24) is 0 Å². The Balaban J connectivity index is 1.61. The molecule has 4 saturated carbocycles. The van der Waals surface area contributed by atoms with Gasteiger partial charge in [-0.2, -0.15) is 0 Å². The number of rotatable bonds is 1. The zero-order chi connectivity index (χ0) is 15.5. The second-order valence-corrected chi connectivity index (χ2v) is 9.25. The van der Waals surface area contributed by atoms with Crippen molar-refractivity contribution in [3.8, 4) is 0 Å². The molecule has 0 radical (unpaired) electrons. The largest absolute Gasteiger partial charge is 0.303 e. The van der Waals surface area contributed by atoms with E-state index in [9.17, 15) is 9.59 Å². The minimum absolute atomic E-state index is 0.00433. The summed E-state index contributed by atoms with van der Waals surface area (Å²) in [6.45, 7) is 4.79. The molecule has 0 aliphatic heterocycles. The van der Waals surface area contributed by atoms with E-state index in [1.807, 2.05) is 0 Å². The topological polar surface area (TPSA) is 34.1 Å². The number of hydrogen-bond acceptors (Lipinski definition) is 2. The maximum Gasteiger partial charge on any atom is 0.139 e. The summed E-state index contributed by atoms with van der Waals surface area (Å²) in [6.07, 6.45) is 11.6. The summed E-state index contributed by atoms with van der Waals surface area (Å²) in [7, 11) is 0. The Morgan fingerprint density at radius 2 is 1.82 bits per heavy atom. The van der Waals surface area contributed by atoms with Crippen LogP contribution in [0.1, 0.15) is 71.6 Å². The number of hydrogen-bond donors (Lipinski definition) is 0. The molecule has 0 N–H and O–H groups in total. The van der Waals surface area contributed by atoms with Crippen molar-refractivity contribution in [2.45, 2.75) is 71.6 Å². The van der Waals surface area contributed by atoms with Crippen molar-refractivity contribution in [2.24, 2.45) is 40.4 Å². The van der Waals surface area contributed by atoms with Crippen LogP contribution < -0.4 is 0 Å². The maximum atomic E-state index is 12.4. The van der Waals surface area contributed by atoms with E-state index in [4.69, 9.17) is 0 Å². The molecule has 2 nitrogen and oxygen atoms in total. The smallest absolute Gasteiger partial charge is 0.139 e. The van der Waals surface area contributed by atoms with Gasteiger partial charge in [0.05, 0.1) is 0 Å². The second kappa shape index (κ2) is 4.92. The number of fused-ring (bicyclic) bond motifs is 5. The lowest BCUT2D eigenvalue weighted by molar-refractivity contribution is -0.141. The predicted octanol–water partition coefficient (Wildman–Crippen LogP) is 4.41. The maximum absolute atomic E-state index is 12.4. The van der Waals surface area contributed by atoms with Crippen LogP contribution in [-0.2, 0) is 9.59 Å². The van der Waals surface area contributed by atoms with E-state index < -0.39 is 0 Å². The molecule has 7 unspecified atom stereocenters. The molecule has 0 aromatic rings. The Labute approximate surface area is 134 Å². The van der Waals surface area contributed by atoms with Gasteiger partial charge in [-0.3, -0.25) is 4.79 Å². The van der Waals surface area contributed by atoms with Crippen LogP contribution in [-0.4, -0.2) is 12.1 Å². The van der Waals surface area contributed by atoms with Gasteiger partial charge in [0.2, 0.25) is 0 Å². The SMILES string of the molecule is CC12CCC3C(CCC4CC(C=O)CCC43C)C1CCC2=O. The number of ketones is 1. The average molecular weight is 302 g/mol. The zero-order valence-corrected chi connectivity index (χ0v) is 14.1. The second-order valence-electron chi connectivity index (χ2n) is 9.25. The molecule has 4 aliphatic carbocycles. The van der Waals surface area contributed by atoms with Gasteiger partial charge in [0.1, 0.15) is 12.1 Å². The highest BCUT2D eigenvalue weighted by molar-refractivity contribution is 5.87. The Bertz CT molecular complexity index is 498. The van der Waals surface area contributed by atoms with E-state index in [-0.39, 0.29) is 5.41 Å². The van der Waals surface area contributed by atoms with E-state index in [1.54, 1.807) is 0 Å². The molecule has 4 fully saturated rings. The van der Waals surface area contributed by atoms with Gasteiger partial charge >= 0.3 is 0 Å². The number of Topliss-reactive ketones (excluding diaryl/α,β-unsaturated/α-hetero) is 1. The third-order valence-electron chi connectivity index (χ3n) is 8.61. The van der Waals surface area contributed by atoms with Crippen molar-refractivity contribution >= 4 is 12.1 Å². The summed E-state index contributed by atoms with van der Waals surface area (Å²) in [4.78, 5) is 23.6. The van der Waals surface area contributed by atoms with Crippen LogP contribution in [0.3, 0.4) is 0 Å². The molecule has 0 saturated heterocycles. The van der Waals surface area contributed by atoms with Gasteiger partial charge in [0.15, 0.2) is 0 Å². The molecule has 2 heteroatoms. The quantitative estimate of drug-likeness (QED) is 0.672. The molecule has 0 aromatic carbocycles. The molecular weight excluding hydrogens is 272 g/mol. The summed E-state index contributed by atoms with van der Waals surface area (Å²) < 4.78 is 0. The normalized spacial score (nSPS) is 54.3. The lowest BCUT2D eigenvalue weighted by Gasteiger charge is -2.60.